The molecule has 0 radical (unpaired) electrons. The van der Waals surface area contributed by atoms with Gasteiger partial charge in [-0.15, -0.1) is 0 Å². The molecule has 1 aromatic carbocycles. The summed E-state index contributed by atoms with van der Waals surface area (Å²) in [5, 5.41) is 9.47. The highest BCUT2D eigenvalue weighted by atomic mass is 16.5. The van der Waals surface area contributed by atoms with Crippen molar-refractivity contribution < 1.29 is 19.4 Å². The number of pyridine rings is 1. The fraction of sp³-hybridized carbons (Fsp3) is 0.455. The van der Waals surface area contributed by atoms with Crippen LogP contribution >= 0.6 is 0 Å². The van der Waals surface area contributed by atoms with Gasteiger partial charge in [-0.2, -0.15) is 0 Å². The van der Waals surface area contributed by atoms with Crippen LogP contribution in [0.1, 0.15) is 28.8 Å². The number of hydrogen-bond donors (Lipinski definition) is 1. The first kappa shape index (κ1) is 20.9. The highest BCUT2D eigenvalue weighted by Crippen LogP contribution is 2.28. The summed E-state index contributed by atoms with van der Waals surface area (Å²) in [6.45, 7) is 2.51. The third kappa shape index (κ3) is 4.98. The van der Waals surface area contributed by atoms with Gasteiger partial charge in [-0.05, 0) is 56.1 Å². The molecule has 2 heterocycles. The Kier molecular flexibility index (Phi) is 6.93. The van der Waals surface area contributed by atoms with Gasteiger partial charge in [0, 0.05) is 31.9 Å². The molecule has 1 fully saturated rings. The quantitative estimate of drug-likeness (QED) is 0.731. The third-order valence-electron chi connectivity index (χ3n) is 5.54. The van der Waals surface area contributed by atoms with Gasteiger partial charge in [0.25, 0.3) is 0 Å². The summed E-state index contributed by atoms with van der Waals surface area (Å²) < 4.78 is 10.7. The number of carboxylic acids is 1. The Morgan fingerprint density at radius 2 is 2.07 bits per heavy atom. The summed E-state index contributed by atoms with van der Waals surface area (Å²) in [5.41, 5.74) is 1.46. The minimum absolute atomic E-state index is 0.265. The van der Waals surface area contributed by atoms with Crippen LogP contribution in [0.4, 0.5) is 5.82 Å². The lowest BCUT2D eigenvalue weighted by Gasteiger charge is -2.38. The Morgan fingerprint density at radius 3 is 2.79 bits per heavy atom. The second-order valence-electron chi connectivity index (χ2n) is 7.34. The molecule has 156 valence electrons. The number of piperidine rings is 1. The van der Waals surface area contributed by atoms with Gasteiger partial charge < -0.3 is 24.4 Å². The van der Waals surface area contributed by atoms with Crippen molar-refractivity contribution >= 4 is 11.8 Å². The number of methoxy groups -OCH3 is 2. The maximum absolute atomic E-state index is 11.5. The molecule has 1 aliphatic heterocycles. The predicted molar refractivity (Wildman–Crippen MR) is 112 cm³/mol. The normalized spacial score (nSPS) is 16.7. The zero-order valence-corrected chi connectivity index (χ0v) is 17.3. The van der Waals surface area contributed by atoms with Crippen molar-refractivity contribution in [2.24, 2.45) is 0 Å². The summed E-state index contributed by atoms with van der Waals surface area (Å²) in [4.78, 5) is 20.3. The van der Waals surface area contributed by atoms with E-state index < -0.39 is 5.97 Å². The highest BCUT2D eigenvalue weighted by molar-refractivity contribution is 5.93. The molecule has 0 saturated carbocycles. The van der Waals surface area contributed by atoms with Crippen LogP contribution < -0.4 is 14.4 Å². The van der Waals surface area contributed by atoms with Crippen LogP contribution in [0.15, 0.2) is 36.5 Å². The van der Waals surface area contributed by atoms with Crippen LogP contribution in [-0.2, 0) is 6.42 Å². The first-order valence-electron chi connectivity index (χ1n) is 9.88. The topological polar surface area (TPSA) is 75.1 Å². The molecule has 0 aliphatic carbocycles. The minimum atomic E-state index is -0.933. The summed E-state index contributed by atoms with van der Waals surface area (Å²) in [5.74, 6) is 1.11. The predicted octanol–water partition coefficient (Wildman–Crippen LogP) is 2.94. The van der Waals surface area contributed by atoms with E-state index >= 15 is 0 Å². The number of aromatic carboxylic acids is 1. The van der Waals surface area contributed by atoms with Gasteiger partial charge in [-0.3, -0.25) is 0 Å². The first-order chi connectivity index (χ1) is 14.0. The van der Waals surface area contributed by atoms with E-state index in [2.05, 4.69) is 27.9 Å². The van der Waals surface area contributed by atoms with Gasteiger partial charge in [-0.1, -0.05) is 6.07 Å². The molecule has 7 nitrogen and oxygen atoms in total. The van der Waals surface area contributed by atoms with Crippen LogP contribution in [0.25, 0.3) is 0 Å². The highest BCUT2D eigenvalue weighted by Gasteiger charge is 2.26. The van der Waals surface area contributed by atoms with Crippen molar-refractivity contribution in [3.63, 3.8) is 0 Å². The van der Waals surface area contributed by atoms with E-state index in [4.69, 9.17) is 9.47 Å². The fourth-order valence-corrected chi connectivity index (χ4v) is 3.85. The molecule has 1 atom stereocenters. The number of ether oxygens (including phenoxy) is 2. The standard InChI is InChI=1S/C22H29N3O4/c1-24(13-10-16-8-9-19(28-2)20(14-16)29-3)17-6-5-12-25(15-17)21-18(22(26)27)7-4-11-23-21/h4,7-9,11,14,17H,5-6,10,12-13,15H2,1-3H3,(H,26,27). The van der Waals surface area contributed by atoms with Crippen LogP contribution in [0.2, 0.25) is 0 Å². The van der Waals surface area contributed by atoms with Gasteiger partial charge in [0.05, 0.1) is 14.2 Å². The van der Waals surface area contributed by atoms with Gasteiger partial charge in [0.2, 0.25) is 0 Å². The molecule has 2 aromatic rings. The van der Waals surface area contributed by atoms with Crippen molar-refractivity contribution in [3.05, 3.63) is 47.7 Å². The average Bonchev–Trinajstić information content (AvgIpc) is 2.77. The molecule has 1 aromatic heterocycles. The minimum Gasteiger partial charge on any atom is -0.493 e. The van der Waals surface area contributed by atoms with Crippen molar-refractivity contribution in [1.29, 1.82) is 0 Å². The lowest BCUT2D eigenvalue weighted by atomic mass is 10.0. The van der Waals surface area contributed by atoms with Crippen molar-refractivity contribution in [2.75, 3.05) is 45.8 Å². The number of rotatable bonds is 8. The molecule has 3 rings (SSSR count). The number of likely N-dealkylation sites (N-methyl/N-ethyl adjacent to an activating group) is 1. The van der Waals surface area contributed by atoms with Gasteiger partial charge >= 0.3 is 5.97 Å². The van der Waals surface area contributed by atoms with E-state index in [1.165, 1.54) is 5.56 Å². The molecule has 0 amide bonds. The average molecular weight is 399 g/mol. The van der Waals surface area contributed by atoms with E-state index in [0.29, 0.717) is 11.9 Å². The number of nitrogens with zero attached hydrogens (tertiary/aromatic N) is 3. The summed E-state index contributed by atoms with van der Waals surface area (Å²) >= 11 is 0. The van der Waals surface area contributed by atoms with Gasteiger partial charge in [0.1, 0.15) is 11.4 Å². The first-order valence-corrected chi connectivity index (χ1v) is 9.88. The molecule has 29 heavy (non-hydrogen) atoms. The lowest BCUT2D eigenvalue weighted by Crippen LogP contribution is -2.47. The van der Waals surface area contributed by atoms with Crippen molar-refractivity contribution in [1.82, 2.24) is 9.88 Å². The lowest BCUT2D eigenvalue weighted by molar-refractivity contribution is 0.0697. The number of carboxylic acid groups (broad SMARTS) is 1. The van der Waals surface area contributed by atoms with Gasteiger partial charge in [0.15, 0.2) is 11.5 Å². The van der Waals surface area contributed by atoms with Crippen LogP contribution in [0, 0.1) is 0 Å². The largest absolute Gasteiger partial charge is 0.493 e. The number of hydrogen-bond acceptors (Lipinski definition) is 6. The number of benzene rings is 1. The zero-order chi connectivity index (χ0) is 20.8. The Bertz CT molecular complexity index is 843. The fourth-order valence-electron chi connectivity index (χ4n) is 3.85. The smallest absolute Gasteiger partial charge is 0.339 e. The van der Waals surface area contributed by atoms with Crippen molar-refractivity contribution in [2.45, 2.75) is 25.3 Å². The van der Waals surface area contributed by atoms with Crippen LogP contribution in [-0.4, -0.2) is 67.9 Å². The Labute approximate surface area is 171 Å². The van der Waals surface area contributed by atoms with Crippen molar-refractivity contribution in [3.8, 4) is 11.5 Å². The Morgan fingerprint density at radius 1 is 1.28 bits per heavy atom. The molecular weight excluding hydrogens is 370 g/mol. The number of carbonyl (C=O) groups is 1. The number of anilines is 1. The second-order valence-corrected chi connectivity index (χ2v) is 7.34. The summed E-state index contributed by atoms with van der Waals surface area (Å²) in [7, 11) is 5.41. The van der Waals surface area contributed by atoms with E-state index in [9.17, 15) is 9.90 Å². The molecule has 0 spiro atoms. The maximum Gasteiger partial charge on any atom is 0.339 e. The monoisotopic (exact) mass is 399 g/mol. The molecular formula is C22H29N3O4. The third-order valence-corrected chi connectivity index (χ3v) is 5.54. The van der Waals surface area contributed by atoms with E-state index in [1.807, 2.05) is 12.1 Å². The maximum atomic E-state index is 11.5. The SMILES string of the molecule is COc1ccc(CCN(C)C2CCCN(c3ncccc3C(=O)O)C2)cc1OC. The van der Waals surface area contributed by atoms with E-state index in [0.717, 1.165) is 50.4 Å². The Hall–Kier alpha value is -2.80. The molecule has 7 heteroatoms. The molecule has 0 bridgehead atoms. The summed E-state index contributed by atoms with van der Waals surface area (Å²) in [6, 6.07) is 9.67. The molecule has 1 N–H and O–H groups in total. The Balaban J connectivity index is 1.63. The van der Waals surface area contributed by atoms with Crippen LogP contribution in [0.5, 0.6) is 11.5 Å². The van der Waals surface area contributed by atoms with E-state index in [-0.39, 0.29) is 5.56 Å². The molecule has 1 saturated heterocycles. The van der Waals surface area contributed by atoms with Crippen LogP contribution in [0.3, 0.4) is 0 Å². The zero-order valence-electron chi connectivity index (χ0n) is 17.3. The second kappa shape index (κ2) is 9.60. The molecule has 1 aliphatic rings. The summed E-state index contributed by atoms with van der Waals surface area (Å²) in [6.07, 6.45) is 4.67. The number of aromatic nitrogens is 1. The molecule has 1 unspecified atom stereocenters. The van der Waals surface area contributed by atoms with Gasteiger partial charge in [-0.25, -0.2) is 9.78 Å². The van der Waals surface area contributed by atoms with E-state index in [1.54, 1.807) is 32.5 Å².